The Labute approximate surface area is 140 Å². The number of nitrogens with one attached hydrogen (secondary N) is 1. The summed E-state index contributed by atoms with van der Waals surface area (Å²) >= 11 is 0. The van der Waals surface area contributed by atoms with Crippen LogP contribution in [0.25, 0.3) is 11.0 Å². The van der Waals surface area contributed by atoms with Crippen LogP contribution in [-0.4, -0.2) is 31.0 Å². The molecule has 5 nitrogen and oxygen atoms in total. The topological polar surface area (TPSA) is 49.7 Å². The molecule has 1 aliphatic heterocycles. The number of halogens is 1. The SMILES string of the molecule is CC(C)n1ccnc1CN1CCC[C@H]1c1nc2ccc(F)cc2[nH]1. The molecule has 3 aromatic rings. The van der Waals surface area contributed by atoms with Crippen molar-refractivity contribution in [3.05, 3.63) is 48.1 Å². The van der Waals surface area contributed by atoms with Gasteiger partial charge in [-0.15, -0.1) is 0 Å². The molecule has 0 bridgehead atoms. The summed E-state index contributed by atoms with van der Waals surface area (Å²) < 4.78 is 15.6. The normalized spacial score (nSPS) is 18.9. The van der Waals surface area contributed by atoms with E-state index in [0.29, 0.717) is 6.04 Å². The first kappa shape index (κ1) is 15.3. The number of fused-ring (bicyclic) bond motifs is 1. The van der Waals surface area contributed by atoms with Crippen molar-refractivity contribution in [1.29, 1.82) is 0 Å². The molecular formula is C18H22FN5. The van der Waals surface area contributed by atoms with Gasteiger partial charge >= 0.3 is 0 Å². The molecule has 0 spiro atoms. The summed E-state index contributed by atoms with van der Waals surface area (Å²) in [6.45, 7) is 6.17. The Morgan fingerprint density at radius 1 is 1.38 bits per heavy atom. The molecule has 0 saturated carbocycles. The van der Waals surface area contributed by atoms with E-state index in [9.17, 15) is 4.39 Å². The van der Waals surface area contributed by atoms with Crippen molar-refractivity contribution in [2.24, 2.45) is 0 Å². The van der Waals surface area contributed by atoms with E-state index >= 15 is 0 Å². The van der Waals surface area contributed by atoms with E-state index in [-0.39, 0.29) is 11.9 Å². The molecule has 2 aromatic heterocycles. The minimum absolute atomic E-state index is 0.234. The molecule has 0 amide bonds. The zero-order valence-corrected chi connectivity index (χ0v) is 14.0. The molecular weight excluding hydrogens is 305 g/mol. The van der Waals surface area contributed by atoms with E-state index in [2.05, 4.69) is 38.3 Å². The highest BCUT2D eigenvalue weighted by Crippen LogP contribution is 2.32. The molecule has 1 atom stereocenters. The van der Waals surface area contributed by atoms with Gasteiger partial charge in [0.1, 0.15) is 17.5 Å². The smallest absolute Gasteiger partial charge is 0.125 e. The fourth-order valence-corrected chi connectivity index (χ4v) is 3.60. The maximum Gasteiger partial charge on any atom is 0.125 e. The van der Waals surface area contributed by atoms with Crippen LogP contribution in [0.1, 0.15) is 50.4 Å². The fourth-order valence-electron chi connectivity index (χ4n) is 3.60. The van der Waals surface area contributed by atoms with Crippen molar-refractivity contribution >= 4 is 11.0 Å². The van der Waals surface area contributed by atoms with Crippen molar-refractivity contribution in [2.75, 3.05) is 6.54 Å². The number of rotatable bonds is 4. The maximum absolute atomic E-state index is 13.4. The third-order valence-corrected chi connectivity index (χ3v) is 4.79. The van der Waals surface area contributed by atoms with Gasteiger partial charge in [0.25, 0.3) is 0 Å². The first-order chi connectivity index (χ1) is 11.6. The van der Waals surface area contributed by atoms with Crippen LogP contribution in [-0.2, 0) is 6.54 Å². The average molecular weight is 327 g/mol. The van der Waals surface area contributed by atoms with Crippen LogP contribution in [0.15, 0.2) is 30.6 Å². The molecule has 24 heavy (non-hydrogen) atoms. The molecule has 1 fully saturated rings. The number of likely N-dealkylation sites (tertiary alicyclic amines) is 1. The minimum Gasteiger partial charge on any atom is -0.341 e. The molecule has 0 unspecified atom stereocenters. The van der Waals surface area contributed by atoms with Crippen molar-refractivity contribution in [2.45, 2.75) is 45.3 Å². The third-order valence-electron chi connectivity index (χ3n) is 4.79. The first-order valence-electron chi connectivity index (χ1n) is 8.53. The molecule has 6 heteroatoms. The summed E-state index contributed by atoms with van der Waals surface area (Å²) in [6.07, 6.45) is 6.10. The Kier molecular flexibility index (Phi) is 3.84. The quantitative estimate of drug-likeness (QED) is 0.792. The summed E-state index contributed by atoms with van der Waals surface area (Å²) in [6, 6.07) is 5.33. The van der Waals surface area contributed by atoms with E-state index in [1.807, 2.05) is 12.4 Å². The number of aromatic nitrogens is 4. The summed E-state index contributed by atoms with van der Waals surface area (Å²) in [7, 11) is 0. The molecule has 0 aliphatic carbocycles. The van der Waals surface area contributed by atoms with Gasteiger partial charge in [-0.3, -0.25) is 4.90 Å². The van der Waals surface area contributed by atoms with Crippen molar-refractivity contribution in [1.82, 2.24) is 24.4 Å². The molecule has 0 radical (unpaired) electrons. The van der Waals surface area contributed by atoms with E-state index in [1.54, 1.807) is 6.07 Å². The highest BCUT2D eigenvalue weighted by molar-refractivity contribution is 5.75. The number of aromatic amines is 1. The molecule has 126 valence electrons. The average Bonchev–Trinajstić information content (AvgIpc) is 3.25. The number of nitrogens with zero attached hydrogens (tertiary/aromatic N) is 4. The molecule has 1 aliphatic rings. The van der Waals surface area contributed by atoms with Gasteiger partial charge < -0.3 is 9.55 Å². The predicted molar refractivity (Wildman–Crippen MR) is 91.0 cm³/mol. The van der Waals surface area contributed by atoms with E-state index in [4.69, 9.17) is 0 Å². The number of hydrogen-bond acceptors (Lipinski definition) is 3. The Morgan fingerprint density at radius 2 is 2.25 bits per heavy atom. The first-order valence-corrected chi connectivity index (χ1v) is 8.53. The minimum atomic E-state index is -0.236. The zero-order valence-electron chi connectivity index (χ0n) is 14.0. The molecule has 3 heterocycles. The van der Waals surface area contributed by atoms with Crippen LogP contribution >= 0.6 is 0 Å². The van der Waals surface area contributed by atoms with Crippen LogP contribution in [0.5, 0.6) is 0 Å². The highest BCUT2D eigenvalue weighted by atomic mass is 19.1. The second kappa shape index (κ2) is 6.02. The third kappa shape index (κ3) is 2.71. The van der Waals surface area contributed by atoms with Crippen LogP contribution in [0.2, 0.25) is 0 Å². The van der Waals surface area contributed by atoms with Gasteiger partial charge in [0, 0.05) is 18.4 Å². The molecule has 1 N–H and O–H groups in total. The lowest BCUT2D eigenvalue weighted by molar-refractivity contribution is 0.230. The number of imidazole rings is 2. The van der Waals surface area contributed by atoms with Gasteiger partial charge in [0.05, 0.1) is 23.6 Å². The Balaban J connectivity index is 1.60. The van der Waals surface area contributed by atoms with Gasteiger partial charge in [0.2, 0.25) is 0 Å². The van der Waals surface area contributed by atoms with Crippen LogP contribution in [0.4, 0.5) is 4.39 Å². The number of hydrogen-bond donors (Lipinski definition) is 1. The van der Waals surface area contributed by atoms with E-state index < -0.39 is 0 Å². The van der Waals surface area contributed by atoms with Gasteiger partial charge in [-0.25, -0.2) is 14.4 Å². The van der Waals surface area contributed by atoms with Crippen molar-refractivity contribution in [3.8, 4) is 0 Å². The van der Waals surface area contributed by atoms with Crippen LogP contribution in [0, 0.1) is 5.82 Å². The maximum atomic E-state index is 13.4. The van der Waals surface area contributed by atoms with Crippen LogP contribution in [0.3, 0.4) is 0 Å². The Hall–Kier alpha value is -2.21. The number of H-pyrrole nitrogens is 1. The van der Waals surface area contributed by atoms with Crippen molar-refractivity contribution in [3.63, 3.8) is 0 Å². The Morgan fingerprint density at radius 3 is 3.08 bits per heavy atom. The zero-order chi connectivity index (χ0) is 16.7. The second-order valence-electron chi connectivity index (χ2n) is 6.76. The van der Waals surface area contributed by atoms with Gasteiger partial charge in [-0.05, 0) is 51.4 Å². The van der Waals surface area contributed by atoms with E-state index in [1.165, 1.54) is 12.1 Å². The summed E-state index contributed by atoms with van der Waals surface area (Å²) in [5.74, 6) is 1.77. The summed E-state index contributed by atoms with van der Waals surface area (Å²) in [5, 5.41) is 0. The van der Waals surface area contributed by atoms with Gasteiger partial charge in [0.15, 0.2) is 0 Å². The van der Waals surface area contributed by atoms with Crippen LogP contribution < -0.4 is 0 Å². The molecule has 1 saturated heterocycles. The second-order valence-corrected chi connectivity index (χ2v) is 6.76. The monoisotopic (exact) mass is 327 g/mol. The molecule has 4 rings (SSSR count). The summed E-state index contributed by atoms with van der Waals surface area (Å²) in [4.78, 5) is 14.9. The lowest BCUT2D eigenvalue weighted by Gasteiger charge is -2.23. The number of benzene rings is 1. The fraction of sp³-hybridized carbons (Fsp3) is 0.444. The summed E-state index contributed by atoms with van der Waals surface area (Å²) in [5.41, 5.74) is 1.59. The standard InChI is InChI=1S/C18H22FN5/c1-12(2)24-9-7-20-17(24)11-23-8-3-4-16(23)18-21-14-6-5-13(19)10-15(14)22-18/h5-7,9-10,12,16H,3-4,8,11H2,1-2H3,(H,21,22)/t16-/m0/s1. The van der Waals surface area contributed by atoms with Gasteiger partial charge in [-0.1, -0.05) is 0 Å². The Bertz CT molecular complexity index is 850. The highest BCUT2D eigenvalue weighted by Gasteiger charge is 2.29. The predicted octanol–water partition coefficient (Wildman–Crippen LogP) is 3.82. The van der Waals surface area contributed by atoms with E-state index in [0.717, 1.165) is 48.6 Å². The largest absolute Gasteiger partial charge is 0.341 e. The van der Waals surface area contributed by atoms with Gasteiger partial charge in [-0.2, -0.15) is 0 Å². The van der Waals surface area contributed by atoms with Crippen molar-refractivity contribution < 1.29 is 4.39 Å². The molecule has 1 aromatic carbocycles. The lowest BCUT2D eigenvalue weighted by atomic mass is 10.2. The lowest BCUT2D eigenvalue weighted by Crippen LogP contribution is -2.25.